The van der Waals surface area contributed by atoms with Gasteiger partial charge in [-0.1, -0.05) is 59.6 Å². The SMILES string of the molecule is Cc1cc(NC(=O)c2cccc(Cl)c2Cl)nn1Cc1ccccc1. The van der Waals surface area contributed by atoms with E-state index in [0.717, 1.165) is 11.3 Å². The molecule has 1 aromatic heterocycles. The number of aromatic nitrogens is 2. The van der Waals surface area contributed by atoms with Gasteiger partial charge in [0.1, 0.15) is 0 Å². The summed E-state index contributed by atoms with van der Waals surface area (Å²) in [6.45, 7) is 2.58. The van der Waals surface area contributed by atoms with Crippen LogP contribution in [0.4, 0.5) is 5.82 Å². The summed E-state index contributed by atoms with van der Waals surface area (Å²) in [5.74, 6) is 0.135. The number of hydrogen-bond acceptors (Lipinski definition) is 2. The largest absolute Gasteiger partial charge is 0.305 e. The van der Waals surface area contributed by atoms with E-state index in [1.54, 1.807) is 18.2 Å². The number of carbonyl (C=O) groups excluding carboxylic acids is 1. The fourth-order valence-electron chi connectivity index (χ4n) is 2.35. The van der Waals surface area contributed by atoms with Gasteiger partial charge in [-0.25, -0.2) is 0 Å². The number of aryl methyl sites for hydroxylation is 1. The van der Waals surface area contributed by atoms with Crippen LogP contribution in [0.5, 0.6) is 0 Å². The summed E-state index contributed by atoms with van der Waals surface area (Å²) < 4.78 is 1.84. The highest BCUT2D eigenvalue weighted by Gasteiger charge is 2.14. The van der Waals surface area contributed by atoms with E-state index in [-0.39, 0.29) is 10.9 Å². The van der Waals surface area contributed by atoms with Crippen LogP contribution in [0.3, 0.4) is 0 Å². The van der Waals surface area contributed by atoms with Crippen molar-refractivity contribution in [1.82, 2.24) is 9.78 Å². The Morgan fingerprint density at radius 3 is 2.62 bits per heavy atom. The molecule has 0 radical (unpaired) electrons. The smallest absolute Gasteiger partial charge is 0.258 e. The number of anilines is 1. The maximum Gasteiger partial charge on any atom is 0.258 e. The minimum absolute atomic E-state index is 0.233. The first-order chi connectivity index (χ1) is 11.5. The van der Waals surface area contributed by atoms with Crippen LogP contribution in [0.1, 0.15) is 21.6 Å². The molecule has 6 heteroatoms. The Bertz CT molecular complexity index is 875. The lowest BCUT2D eigenvalue weighted by molar-refractivity contribution is 0.102. The molecule has 0 aliphatic carbocycles. The maximum absolute atomic E-state index is 12.4. The van der Waals surface area contributed by atoms with E-state index in [0.29, 0.717) is 22.9 Å². The van der Waals surface area contributed by atoms with Gasteiger partial charge in [0.15, 0.2) is 5.82 Å². The average molecular weight is 360 g/mol. The minimum atomic E-state index is -0.341. The highest BCUT2D eigenvalue weighted by atomic mass is 35.5. The molecule has 0 aliphatic heterocycles. The first-order valence-electron chi connectivity index (χ1n) is 7.38. The first-order valence-corrected chi connectivity index (χ1v) is 8.14. The number of nitrogens with one attached hydrogen (secondary N) is 1. The van der Waals surface area contributed by atoms with Crippen molar-refractivity contribution in [2.24, 2.45) is 0 Å². The third-order valence-corrected chi connectivity index (χ3v) is 4.41. The second-order valence-corrected chi connectivity index (χ2v) is 6.15. The predicted molar refractivity (Wildman–Crippen MR) is 96.9 cm³/mol. The highest BCUT2D eigenvalue weighted by Crippen LogP contribution is 2.26. The zero-order chi connectivity index (χ0) is 17.1. The van der Waals surface area contributed by atoms with Crippen molar-refractivity contribution in [2.75, 3.05) is 5.32 Å². The van der Waals surface area contributed by atoms with Gasteiger partial charge in [-0.3, -0.25) is 9.48 Å². The van der Waals surface area contributed by atoms with Crippen LogP contribution in [-0.2, 0) is 6.54 Å². The number of hydrogen-bond donors (Lipinski definition) is 1. The zero-order valence-corrected chi connectivity index (χ0v) is 14.5. The average Bonchev–Trinajstić information content (AvgIpc) is 2.90. The normalized spacial score (nSPS) is 10.6. The van der Waals surface area contributed by atoms with Crippen molar-refractivity contribution >= 4 is 34.9 Å². The Labute approximate surface area is 150 Å². The van der Waals surface area contributed by atoms with Crippen molar-refractivity contribution in [1.29, 1.82) is 0 Å². The first kappa shape index (κ1) is 16.6. The minimum Gasteiger partial charge on any atom is -0.305 e. The van der Waals surface area contributed by atoms with Gasteiger partial charge in [-0.15, -0.1) is 0 Å². The summed E-state index contributed by atoms with van der Waals surface area (Å²) in [6.07, 6.45) is 0. The van der Waals surface area contributed by atoms with Crippen LogP contribution in [0.15, 0.2) is 54.6 Å². The van der Waals surface area contributed by atoms with Crippen LogP contribution in [-0.4, -0.2) is 15.7 Å². The molecule has 24 heavy (non-hydrogen) atoms. The number of benzene rings is 2. The topological polar surface area (TPSA) is 46.9 Å². The monoisotopic (exact) mass is 359 g/mol. The van der Waals surface area contributed by atoms with Crippen LogP contribution in [0.25, 0.3) is 0 Å². The molecule has 3 aromatic rings. The number of carbonyl (C=O) groups is 1. The molecule has 3 rings (SSSR count). The molecule has 0 atom stereocenters. The molecule has 0 saturated heterocycles. The standard InChI is InChI=1S/C18H15Cl2N3O/c1-12-10-16(22-23(12)11-13-6-3-2-4-7-13)21-18(24)14-8-5-9-15(19)17(14)20/h2-10H,11H2,1H3,(H,21,22,24). The Kier molecular flexibility index (Phi) is 4.88. The number of amides is 1. The lowest BCUT2D eigenvalue weighted by Gasteiger charge is -2.06. The Morgan fingerprint density at radius 2 is 1.88 bits per heavy atom. The number of nitrogens with zero attached hydrogens (tertiary/aromatic N) is 2. The van der Waals surface area contributed by atoms with E-state index in [1.807, 2.05) is 48.0 Å². The van der Waals surface area contributed by atoms with Crippen LogP contribution >= 0.6 is 23.2 Å². The molecule has 0 fully saturated rings. The second kappa shape index (κ2) is 7.07. The van der Waals surface area contributed by atoms with Gasteiger partial charge in [0.05, 0.1) is 22.2 Å². The Morgan fingerprint density at radius 1 is 1.12 bits per heavy atom. The van der Waals surface area contributed by atoms with Gasteiger partial charge in [0.2, 0.25) is 0 Å². The molecule has 0 aliphatic rings. The third kappa shape index (κ3) is 3.61. The van der Waals surface area contributed by atoms with Gasteiger partial charge in [-0.05, 0) is 24.6 Å². The summed E-state index contributed by atoms with van der Waals surface area (Å²) >= 11 is 12.0. The summed E-state index contributed by atoms with van der Waals surface area (Å²) in [4.78, 5) is 12.4. The number of halogens is 2. The summed E-state index contributed by atoms with van der Waals surface area (Å²) in [6, 6.07) is 16.8. The Balaban J connectivity index is 1.78. The van der Waals surface area contributed by atoms with Crippen molar-refractivity contribution in [3.8, 4) is 0 Å². The van der Waals surface area contributed by atoms with Gasteiger partial charge < -0.3 is 5.32 Å². The van der Waals surface area contributed by atoms with Crippen molar-refractivity contribution in [3.63, 3.8) is 0 Å². The summed E-state index contributed by atoms with van der Waals surface area (Å²) in [5.41, 5.74) is 2.41. The summed E-state index contributed by atoms with van der Waals surface area (Å²) in [7, 11) is 0. The third-order valence-electron chi connectivity index (χ3n) is 3.59. The van der Waals surface area contributed by atoms with Crippen LogP contribution in [0.2, 0.25) is 10.0 Å². The molecule has 1 N–H and O–H groups in total. The van der Waals surface area contributed by atoms with Gasteiger partial charge in [0.25, 0.3) is 5.91 Å². The van der Waals surface area contributed by atoms with Crippen LogP contribution < -0.4 is 5.32 Å². The molecule has 2 aromatic carbocycles. The quantitative estimate of drug-likeness (QED) is 0.727. The van der Waals surface area contributed by atoms with Crippen molar-refractivity contribution in [2.45, 2.75) is 13.5 Å². The predicted octanol–water partition coefficient (Wildman–Crippen LogP) is 4.80. The van der Waals surface area contributed by atoms with E-state index in [9.17, 15) is 4.79 Å². The van der Waals surface area contributed by atoms with Crippen molar-refractivity contribution < 1.29 is 4.79 Å². The summed E-state index contributed by atoms with van der Waals surface area (Å²) in [5, 5.41) is 7.77. The van der Waals surface area contributed by atoms with E-state index in [1.165, 1.54) is 0 Å². The lowest BCUT2D eigenvalue weighted by Crippen LogP contribution is -2.13. The molecular weight excluding hydrogens is 345 g/mol. The maximum atomic E-state index is 12.4. The van der Waals surface area contributed by atoms with E-state index >= 15 is 0 Å². The molecule has 4 nitrogen and oxygen atoms in total. The van der Waals surface area contributed by atoms with E-state index in [4.69, 9.17) is 23.2 Å². The molecule has 0 unspecified atom stereocenters. The molecule has 1 amide bonds. The van der Waals surface area contributed by atoms with Gasteiger partial charge in [0, 0.05) is 11.8 Å². The zero-order valence-electron chi connectivity index (χ0n) is 13.0. The molecular formula is C18H15Cl2N3O. The van der Waals surface area contributed by atoms with E-state index < -0.39 is 0 Å². The fourth-order valence-corrected chi connectivity index (χ4v) is 2.74. The molecule has 0 saturated carbocycles. The number of rotatable bonds is 4. The van der Waals surface area contributed by atoms with Gasteiger partial charge in [-0.2, -0.15) is 5.10 Å². The van der Waals surface area contributed by atoms with Crippen LogP contribution in [0, 0.1) is 6.92 Å². The Hall–Kier alpha value is -2.30. The molecule has 122 valence electrons. The van der Waals surface area contributed by atoms with Crippen molar-refractivity contribution in [3.05, 3.63) is 81.5 Å². The second-order valence-electron chi connectivity index (χ2n) is 5.37. The van der Waals surface area contributed by atoms with Gasteiger partial charge >= 0.3 is 0 Å². The highest BCUT2D eigenvalue weighted by molar-refractivity contribution is 6.44. The fraction of sp³-hybridized carbons (Fsp3) is 0.111. The molecule has 0 bridgehead atoms. The lowest BCUT2D eigenvalue weighted by atomic mass is 10.2. The van der Waals surface area contributed by atoms with E-state index in [2.05, 4.69) is 10.4 Å². The molecule has 1 heterocycles. The molecule has 0 spiro atoms.